The van der Waals surface area contributed by atoms with Crippen LogP contribution in [0.2, 0.25) is 0 Å². The molecule has 2 N–H and O–H groups in total. The summed E-state index contributed by atoms with van der Waals surface area (Å²) in [4.78, 5) is 12.1. The average Bonchev–Trinajstić information content (AvgIpc) is 2.50. The summed E-state index contributed by atoms with van der Waals surface area (Å²) >= 11 is 0. The number of rotatable bonds is 7. The predicted molar refractivity (Wildman–Crippen MR) is 84.5 cm³/mol. The highest BCUT2D eigenvalue weighted by Crippen LogP contribution is 2.31. The molecular weight excluding hydrogens is 284 g/mol. The maximum atomic E-state index is 12.1. The first-order chi connectivity index (χ1) is 10.6. The molecule has 2 rings (SSSR count). The normalized spacial score (nSPS) is 12.5. The van der Waals surface area contributed by atoms with E-state index in [2.05, 4.69) is 6.92 Å². The molecule has 1 unspecified atom stereocenters. The van der Waals surface area contributed by atoms with Gasteiger partial charge in [-0.2, -0.15) is 0 Å². The Balaban J connectivity index is 2.42. The molecule has 0 spiro atoms. The van der Waals surface area contributed by atoms with Crippen LogP contribution in [0, 0.1) is 5.92 Å². The van der Waals surface area contributed by atoms with Crippen LogP contribution in [-0.2, 0) is 6.42 Å². The van der Waals surface area contributed by atoms with Gasteiger partial charge >= 0.3 is 5.63 Å². The van der Waals surface area contributed by atoms with E-state index < -0.39 is 5.63 Å². The van der Waals surface area contributed by atoms with Crippen molar-refractivity contribution in [3.05, 3.63) is 34.2 Å². The van der Waals surface area contributed by atoms with Crippen LogP contribution >= 0.6 is 0 Å². The topological polar surface area (TPSA) is 79.9 Å². The van der Waals surface area contributed by atoms with Crippen LogP contribution in [0.15, 0.2) is 27.4 Å². The van der Waals surface area contributed by atoms with E-state index in [1.807, 2.05) is 6.92 Å². The predicted octanol–water partition coefficient (Wildman–Crippen LogP) is 2.85. The molecule has 5 heteroatoms. The minimum atomic E-state index is -0.489. The van der Waals surface area contributed by atoms with Crippen LogP contribution in [0.25, 0.3) is 11.0 Å². The Morgan fingerprint density at radius 1 is 1.36 bits per heavy atom. The fourth-order valence-corrected chi connectivity index (χ4v) is 2.58. The first-order valence-corrected chi connectivity index (χ1v) is 7.59. The van der Waals surface area contributed by atoms with Crippen molar-refractivity contribution in [2.75, 3.05) is 13.2 Å². The molecule has 0 aliphatic heterocycles. The number of hydrogen-bond acceptors (Lipinski definition) is 5. The largest absolute Gasteiger partial charge is 0.507 e. The second kappa shape index (κ2) is 7.31. The Morgan fingerprint density at radius 2 is 2.14 bits per heavy atom. The van der Waals surface area contributed by atoms with Crippen molar-refractivity contribution in [1.29, 1.82) is 0 Å². The van der Waals surface area contributed by atoms with E-state index in [9.17, 15) is 9.90 Å². The van der Waals surface area contributed by atoms with Crippen LogP contribution < -0.4 is 10.4 Å². The quantitative estimate of drug-likeness (QED) is 0.769. The van der Waals surface area contributed by atoms with Gasteiger partial charge in [0.15, 0.2) is 0 Å². The fourth-order valence-electron chi connectivity index (χ4n) is 2.58. The van der Waals surface area contributed by atoms with Gasteiger partial charge in [-0.25, -0.2) is 4.79 Å². The molecule has 0 radical (unpaired) electrons. The summed E-state index contributed by atoms with van der Waals surface area (Å²) < 4.78 is 10.6. The lowest BCUT2D eigenvalue weighted by Gasteiger charge is -2.12. The average molecular weight is 306 g/mol. The number of aliphatic hydroxyl groups excluding tert-OH is 1. The van der Waals surface area contributed by atoms with E-state index in [0.717, 1.165) is 12.8 Å². The smallest absolute Gasteiger partial charge is 0.343 e. The second-order valence-electron chi connectivity index (χ2n) is 5.54. The molecule has 0 bridgehead atoms. The van der Waals surface area contributed by atoms with Crippen LogP contribution in [-0.4, -0.2) is 23.4 Å². The monoisotopic (exact) mass is 306 g/mol. The van der Waals surface area contributed by atoms with E-state index in [0.29, 0.717) is 34.6 Å². The van der Waals surface area contributed by atoms with E-state index in [1.165, 1.54) is 0 Å². The minimum Gasteiger partial charge on any atom is -0.507 e. The summed E-state index contributed by atoms with van der Waals surface area (Å²) in [6, 6.07) is 4.85. The van der Waals surface area contributed by atoms with Gasteiger partial charge in [-0.1, -0.05) is 26.7 Å². The summed E-state index contributed by atoms with van der Waals surface area (Å²) in [5, 5.41) is 19.7. The summed E-state index contributed by atoms with van der Waals surface area (Å²) in [6.07, 6.45) is 2.50. The molecule has 1 atom stereocenters. The molecule has 120 valence electrons. The van der Waals surface area contributed by atoms with Gasteiger partial charge in [-0.3, -0.25) is 0 Å². The van der Waals surface area contributed by atoms with Crippen molar-refractivity contribution in [3.8, 4) is 11.5 Å². The first-order valence-electron chi connectivity index (χ1n) is 7.59. The summed E-state index contributed by atoms with van der Waals surface area (Å²) in [5.74, 6) is 0.770. The Labute approximate surface area is 129 Å². The van der Waals surface area contributed by atoms with Gasteiger partial charge < -0.3 is 19.4 Å². The van der Waals surface area contributed by atoms with Crippen LogP contribution in [0.4, 0.5) is 0 Å². The van der Waals surface area contributed by atoms with Gasteiger partial charge in [0.25, 0.3) is 0 Å². The van der Waals surface area contributed by atoms with Crippen molar-refractivity contribution in [3.63, 3.8) is 0 Å². The summed E-state index contributed by atoms with van der Waals surface area (Å²) in [7, 11) is 0. The van der Waals surface area contributed by atoms with Gasteiger partial charge in [0.1, 0.15) is 23.7 Å². The van der Waals surface area contributed by atoms with Crippen molar-refractivity contribution in [2.24, 2.45) is 5.92 Å². The standard InChI is InChI=1S/C17H22O5/c1-3-4-11(2)9-14-16(19)13-10-12(21-8-7-18)5-6-15(13)22-17(14)20/h5-6,10-11,18-19H,3-4,7-9H2,1-2H3. The Morgan fingerprint density at radius 3 is 2.82 bits per heavy atom. The van der Waals surface area contributed by atoms with Crippen molar-refractivity contribution in [2.45, 2.75) is 33.1 Å². The highest BCUT2D eigenvalue weighted by molar-refractivity contribution is 5.85. The third-order valence-electron chi connectivity index (χ3n) is 3.64. The highest BCUT2D eigenvalue weighted by Gasteiger charge is 2.17. The summed E-state index contributed by atoms with van der Waals surface area (Å²) in [5.41, 5.74) is 0.149. The molecule has 1 aromatic carbocycles. The molecule has 22 heavy (non-hydrogen) atoms. The molecule has 0 fully saturated rings. The van der Waals surface area contributed by atoms with Crippen LogP contribution in [0.1, 0.15) is 32.3 Å². The molecule has 1 heterocycles. The molecule has 0 saturated heterocycles. The van der Waals surface area contributed by atoms with Crippen molar-refractivity contribution < 1.29 is 19.4 Å². The molecule has 0 amide bonds. The van der Waals surface area contributed by atoms with Gasteiger partial charge in [0.05, 0.1) is 17.6 Å². The lowest BCUT2D eigenvalue weighted by atomic mass is 9.96. The summed E-state index contributed by atoms with van der Waals surface area (Å²) in [6.45, 7) is 4.22. The second-order valence-corrected chi connectivity index (χ2v) is 5.54. The highest BCUT2D eigenvalue weighted by atomic mass is 16.5. The maximum Gasteiger partial charge on any atom is 0.343 e. The van der Waals surface area contributed by atoms with E-state index in [-0.39, 0.29) is 19.0 Å². The Kier molecular flexibility index (Phi) is 5.44. The number of ether oxygens (including phenoxy) is 1. The third kappa shape index (κ3) is 3.60. The third-order valence-corrected chi connectivity index (χ3v) is 3.64. The molecular formula is C17H22O5. The minimum absolute atomic E-state index is 0.0383. The molecule has 0 aliphatic carbocycles. The zero-order valence-corrected chi connectivity index (χ0v) is 13.0. The zero-order valence-electron chi connectivity index (χ0n) is 13.0. The molecule has 0 saturated carbocycles. The molecule has 5 nitrogen and oxygen atoms in total. The Hall–Kier alpha value is -2.01. The molecule has 0 aliphatic rings. The van der Waals surface area contributed by atoms with E-state index >= 15 is 0 Å². The van der Waals surface area contributed by atoms with Gasteiger partial charge in [-0.15, -0.1) is 0 Å². The molecule has 2 aromatic rings. The van der Waals surface area contributed by atoms with Crippen molar-refractivity contribution >= 4 is 11.0 Å². The number of aliphatic hydroxyl groups is 1. The van der Waals surface area contributed by atoms with E-state index in [1.54, 1.807) is 18.2 Å². The number of fused-ring (bicyclic) bond motifs is 1. The number of benzene rings is 1. The maximum absolute atomic E-state index is 12.1. The fraction of sp³-hybridized carbons (Fsp3) is 0.471. The van der Waals surface area contributed by atoms with Gasteiger partial charge in [-0.05, 0) is 30.5 Å². The lowest BCUT2D eigenvalue weighted by Crippen LogP contribution is -2.12. The van der Waals surface area contributed by atoms with Crippen LogP contribution in [0.5, 0.6) is 11.5 Å². The SMILES string of the molecule is CCCC(C)Cc1c(O)c2cc(OCCO)ccc2oc1=O. The molecule has 1 aromatic heterocycles. The van der Waals surface area contributed by atoms with Crippen molar-refractivity contribution in [1.82, 2.24) is 0 Å². The number of hydrogen-bond donors (Lipinski definition) is 2. The van der Waals surface area contributed by atoms with E-state index in [4.69, 9.17) is 14.3 Å². The first kappa shape index (κ1) is 16.4. The lowest BCUT2D eigenvalue weighted by molar-refractivity contribution is 0.201. The number of aromatic hydroxyl groups is 1. The van der Waals surface area contributed by atoms with Gasteiger partial charge in [0.2, 0.25) is 0 Å². The van der Waals surface area contributed by atoms with Gasteiger partial charge in [0, 0.05) is 0 Å². The zero-order chi connectivity index (χ0) is 16.1. The van der Waals surface area contributed by atoms with Crippen LogP contribution in [0.3, 0.4) is 0 Å². The Bertz CT molecular complexity index is 689.